The topological polar surface area (TPSA) is 78.8 Å². The van der Waals surface area contributed by atoms with Crippen LogP contribution in [0.4, 0.5) is 0 Å². The second kappa shape index (κ2) is 12.8. The lowest BCUT2D eigenvalue weighted by Gasteiger charge is -2.28. The van der Waals surface area contributed by atoms with Gasteiger partial charge in [0.25, 0.3) is 0 Å². The Morgan fingerprint density at radius 1 is 1.00 bits per heavy atom. The molecule has 3 aromatic rings. The lowest BCUT2D eigenvalue weighted by atomic mass is 9.93. The minimum Gasteiger partial charge on any atom is -0.481 e. The van der Waals surface area contributed by atoms with Gasteiger partial charge in [-0.25, -0.2) is 0 Å². The summed E-state index contributed by atoms with van der Waals surface area (Å²) in [5.74, 6) is -0.752. The van der Waals surface area contributed by atoms with E-state index in [2.05, 4.69) is 73.8 Å². The summed E-state index contributed by atoms with van der Waals surface area (Å²) in [5.41, 5.74) is 3.37. The average molecular weight is 478 g/mol. The number of carboxylic acid groups (broad SMARTS) is 1. The Hall–Kier alpha value is -2.73. The normalized spacial score (nSPS) is 13.6. The number of aliphatic hydroxyl groups excluding tert-OH is 1. The van der Waals surface area contributed by atoms with E-state index in [4.69, 9.17) is 9.84 Å². The summed E-state index contributed by atoms with van der Waals surface area (Å²) in [7, 11) is 0. The minimum absolute atomic E-state index is 0.147. The van der Waals surface area contributed by atoms with Gasteiger partial charge >= 0.3 is 5.97 Å². The predicted molar refractivity (Wildman–Crippen MR) is 142 cm³/mol. The van der Waals surface area contributed by atoms with E-state index in [1.807, 2.05) is 19.1 Å². The number of aryl methyl sites for hydroxylation is 1. The lowest BCUT2D eigenvalue weighted by Crippen LogP contribution is -2.46. The van der Waals surface area contributed by atoms with Crippen LogP contribution in [0.3, 0.4) is 0 Å². The maximum absolute atomic E-state index is 10.7. The molecule has 0 saturated heterocycles. The Labute approximate surface area is 209 Å². The van der Waals surface area contributed by atoms with Gasteiger partial charge in [-0.3, -0.25) is 4.79 Å². The highest BCUT2D eigenvalue weighted by Crippen LogP contribution is 2.23. The fourth-order valence-corrected chi connectivity index (χ4v) is 4.47. The monoisotopic (exact) mass is 477 g/mol. The molecule has 188 valence electrons. The van der Waals surface area contributed by atoms with Crippen molar-refractivity contribution in [2.75, 3.05) is 13.2 Å². The third kappa shape index (κ3) is 8.77. The summed E-state index contributed by atoms with van der Waals surface area (Å²) in [6, 6.07) is 23.1. The molecule has 5 heteroatoms. The smallest absolute Gasteiger partial charge is 0.303 e. The minimum atomic E-state index is -0.752. The molecule has 0 saturated carbocycles. The lowest BCUT2D eigenvalue weighted by molar-refractivity contribution is -0.137. The molecule has 0 aliphatic rings. The van der Waals surface area contributed by atoms with E-state index in [9.17, 15) is 9.90 Å². The standard InChI is InChI=1S/C30H39NO4/c1-22(28-14-8-6-11-25(28)12-7-9-15-29(33)34)35-21-27(32)20-31-30(2,3)19-23-16-17-24-10-4-5-13-26(24)18-23/h4-6,8,10-11,13-14,16-18,22,27,31-32H,7,9,12,15,19-21H2,1-3H3,(H,33,34)/t22-,27-/m1/s1. The van der Waals surface area contributed by atoms with Crippen molar-refractivity contribution in [3.8, 4) is 0 Å². The van der Waals surface area contributed by atoms with E-state index >= 15 is 0 Å². The van der Waals surface area contributed by atoms with Crippen molar-refractivity contribution < 1.29 is 19.7 Å². The van der Waals surface area contributed by atoms with Crippen LogP contribution in [0, 0.1) is 0 Å². The molecule has 0 aliphatic carbocycles. The van der Waals surface area contributed by atoms with E-state index in [1.165, 1.54) is 21.9 Å². The van der Waals surface area contributed by atoms with Crippen LogP contribution in [0.1, 0.15) is 62.8 Å². The van der Waals surface area contributed by atoms with Gasteiger partial charge in [0.2, 0.25) is 0 Å². The van der Waals surface area contributed by atoms with Gasteiger partial charge in [-0.05, 0) is 73.9 Å². The Balaban J connectivity index is 1.46. The highest BCUT2D eigenvalue weighted by molar-refractivity contribution is 5.83. The van der Waals surface area contributed by atoms with Crippen molar-refractivity contribution in [3.63, 3.8) is 0 Å². The summed E-state index contributed by atoms with van der Waals surface area (Å²) < 4.78 is 6.02. The summed E-state index contributed by atoms with van der Waals surface area (Å²) in [6.07, 6.45) is 2.61. The first-order valence-corrected chi connectivity index (χ1v) is 12.6. The van der Waals surface area contributed by atoms with Gasteiger partial charge < -0.3 is 20.3 Å². The Morgan fingerprint density at radius 2 is 1.71 bits per heavy atom. The fraction of sp³-hybridized carbons (Fsp3) is 0.433. The molecule has 0 fully saturated rings. The van der Waals surface area contributed by atoms with Crippen molar-refractivity contribution in [3.05, 3.63) is 83.4 Å². The third-order valence-electron chi connectivity index (χ3n) is 6.39. The van der Waals surface area contributed by atoms with Gasteiger partial charge in [-0.2, -0.15) is 0 Å². The van der Waals surface area contributed by atoms with Gasteiger partial charge in [0, 0.05) is 18.5 Å². The predicted octanol–water partition coefficient (Wildman–Crippen LogP) is 5.69. The van der Waals surface area contributed by atoms with Crippen molar-refractivity contribution in [2.24, 2.45) is 0 Å². The molecule has 0 aliphatic heterocycles. The van der Waals surface area contributed by atoms with Crippen molar-refractivity contribution in [1.82, 2.24) is 5.32 Å². The van der Waals surface area contributed by atoms with E-state index in [0.717, 1.165) is 24.8 Å². The number of aliphatic hydroxyl groups is 1. The van der Waals surface area contributed by atoms with Crippen LogP contribution in [0.2, 0.25) is 0 Å². The molecule has 35 heavy (non-hydrogen) atoms. The van der Waals surface area contributed by atoms with Gasteiger partial charge in [0.1, 0.15) is 0 Å². The quantitative estimate of drug-likeness (QED) is 0.260. The molecule has 3 aromatic carbocycles. The number of rotatable bonds is 14. The number of β-amino-alcohol motifs (C(OH)–C–C–N with tert-alkyl or cyclic N) is 1. The first kappa shape index (κ1) is 26.9. The van der Waals surface area contributed by atoms with Crippen LogP contribution in [0.25, 0.3) is 10.8 Å². The highest BCUT2D eigenvalue weighted by atomic mass is 16.5. The summed E-state index contributed by atoms with van der Waals surface area (Å²) >= 11 is 0. The molecule has 5 nitrogen and oxygen atoms in total. The molecule has 3 N–H and O–H groups in total. The molecule has 3 rings (SSSR count). The molecule has 2 atom stereocenters. The molecule has 0 amide bonds. The number of ether oxygens (including phenoxy) is 1. The fourth-order valence-electron chi connectivity index (χ4n) is 4.47. The van der Waals surface area contributed by atoms with Gasteiger partial charge in [0.05, 0.1) is 18.8 Å². The first-order chi connectivity index (χ1) is 16.7. The second-order valence-electron chi connectivity index (χ2n) is 10.1. The zero-order valence-electron chi connectivity index (χ0n) is 21.2. The van der Waals surface area contributed by atoms with Gasteiger partial charge in [-0.1, -0.05) is 66.7 Å². The second-order valence-corrected chi connectivity index (χ2v) is 10.1. The average Bonchev–Trinajstić information content (AvgIpc) is 2.84. The first-order valence-electron chi connectivity index (χ1n) is 12.6. The molecule has 0 aromatic heterocycles. The molecular formula is C30H39NO4. The number of fused-ring (bicyclic) bond motifs is 1. The molecule has 0 bridgehead atoms. The van der Waals surface area contributed by atoms with Crippen LogP contribution in [0.5, 0.6) is 0 Å². The SMILES string of the molecule is C[C@@H](OC[C@H](O)CNC(C)(C)Cc1ccc2ccccc2c1)c1ccccc1CCCCC(=O)O. The molecule has 0 radical (unpaired) electrons. The van der Waals surface area contributed by atoms with E-state index in [1.54, 1.807) is 0 Å². The van der Waals surface area contributed by atoms with Gasteiger partial charge in [0.15, 0.2) is 0 Å². The highest BCUT2D eigenvalue weighted by Gasteiger charge is 2.20. The Morgan fingerprint density at radius 3 is 2.49 bits per heavy atom. The summed E-state index contributed by atoms with van der Waals surface area (Å²) in [5, 5.41) is 25.4. The van der Waals surface area contributed by atoms with Crippen LogP contribution >= 0.6 is 0 Å². The third-order valence-corrected chi connectivity index (χ3v) is 6.39. The zero-order valence-corrected chi connectivity index (χ0v) is 21.2. The maximum Gasteiger partial charge on any atom is 0.303 e. The van der Waals surface area contributed by atoms with E-state index in [0.29, 0.717) is 13.0 Å². The number of carbonyl (C=O) groups is 1. The molecule has 0 heterocycles. The Kier molecular flexibility index (Phi) is 9.84. The van der Waals surface area contributed by atoms with Crippen molar-refractivity contribution in [1.29, 1.82) is 0 Å². The number of hydrogen-bond acceptors (Lipinski definition) is 4. The van der Waals surface area contributed by atoms with E-state index < -0.39 is 12.1 Å². The molecular weight excluding hydrogens is 438 g/mol. The molecule has 0 spiro atoms. The van der Waals surface area contributed by atoms with Gasteiger partial charge in [-0.15, -0.1) is 0 Å². The van der Waals surface area contributed by atoms with Crippen molar-refractivity contribution in [2.45, 2.75) is 70.6 Å². The van der Waals surface area contributed by atoms with Crippen molar-refractivity contribution >= 4 is 16.7 Å². The number of carboxylic acids is 1. The molecule has 0 unspecified atom stereocenters. The van der Waals surface area contributed by atoms with Crippen LogP contribution in [-0.2, 0) is 22.4 Å². The maximum atomic E-state index is 10.7. The van der Waals surface area contributed by atoms with Crippen LogP contribution in [-0.4, -0.2) is 41.0 Å². The van der Waals surface area contributed by atoms with Crippen LogP contribution in [0.15, 0.2) is 66.7 Å². The summed E-state index contributed by atoms with van der Waals surface area (Å²) in [4.78, 5) is 10.7. The zero-order chi connectivity index (χ0) is 25.3. The number of benzene rings is 3. The number of hydrogen-bond donors (Lipinski definition) is 3. The number of unbranched alkanes of at least 4 members (excludes halogenated alkanes) is 1. The van der Waals surface area contributed by atoms with E-state index in [-0.39, 0.29) is 24.7 Å². The van der Waals surface area contributed by atoms with Crippen LogP contribution < -0.4 is 5.32 Å². The largest absolute Gasteiger partial charge is 0.481 e. The number of aliphatic carboxylic acids is 1. The Bertz CT molecular complexity index is 1090. The summed E-state index contributed by atoms with van der Waals surface area (Å²) in [6.45, 7) is 7.00. The number of nitrogens with one attached hydrogen (secondary N) is 1.